The van der Waals surface area contributed by atoms with E-state index in [1.807, 2.05) is 88.5 Å². The number of nitrogens with zero attached hydrogens (tertiary/aromatic N) is 4. The molecule has 4 aromatic rings. The van der Waals surface area contributed by atoms with Gasteiger partial charge in [-0.05, 0) is 36.4 Å². The Labute approximate surface area is 171 Å². The van der Waals surface area contributed by atoms with Crippen LogP contribution in [0, 0.1) is 0 Å². The highest BCUT2D eigenvalue weighted by Gasteiger charge is 2.18. The van der Waals surface area contributed by atoms with Crippen LogP contribution in [0.4, 0.5) is 5.69 Å². The first-order valence-electron chi connectivity index (χ1n) is 8.54. The van der Waals surface area contributed by atoms with Gasteiger partial charge in [0.05, 0.1) is 10.8 Å². The highest BCUT2D eigenvalue weighted by atomic mass is 35.5. The van der Waals surface area contributed by atoms with Gasteiger partial charge in [-0.1, -0.05) is 53.7 Å². The molecule has 6 nitrogen and oxygen atoms in total. The molecular formula is C20H16ClN5OS. The summed E-state index contributed by atoms with van der Waals surface area (Å²) in [5.41, 5.74) is 1.53. The lowest BCUT2D eigenvalue weighted by molar-refractivity contribution is -0.113. The van der Waals surface area contributed by atoms with Crippen molar-refractivity contribution in [1.29, 1.82) is 0 Å². The van der Waals surface area contributed by atoms with Gasteiger partial charge in [0.25, 0.3) is 0 Å². The minimum atomic E-state index is -0.113. The largest absolute Gasteiger partial charge is 0.325 e. The minimum Gasteiger partial charge on any atom is -0.325 e. The molecule has 0 bridgehead atoms. The van der Waals surface area contributed by atoms with Gasteiger partial charge in [0.2, 0.25) is 11.1 Å². The van der Waals surface area contributed by atoms with Gasteiger partial charge in [-0.15, -0.1) is 10.2 Å². The minimum absolute atomic E-state index is 0.113. The van der Waals surface area contributed by atoms with E-state index >= 15 is 0 Å². The molecule has 1 N–H and O–H groups in total. The summed E-state index contributed by atoms with van der Waals surface area (Å²) in [6, 6.07) is 20.6. The van der Waals surface area contributed by atoms with Crippen molar-refractivity contribution < 1.29 is 4.79 Å². The molecule has 0 aliphatic carbocycles. The molecule has 2 aromatic heterocycles. The third-order valence-electron chi connectivity index (χ3n) is 3.94. The number of para-hydroxylation sites is 1. The maximum absolute atomic E-state index is 12.3. The molecule has 8 heteroatoms. The number of nitrogens with one attached hydrogen (secondary N) is 1. The van der Waals surface area contributed by atoms with Gasteiger partial charge in [-0.3, -0.25) is 9.47 Å². The van der Waals surface area contributed by atoms with Crippen LogP contribution in [0.15, 0.2) is 84.3 Å². The Balaban J connectivity index is 1.59. The maximum Gasteiger partial charge on any atom is 0.234 e. The topological polar surface area (TPSA) is 64.7 Å². The lowest BCUT2D eigenvalue weighted by Gasteiger charge is -2.12. The summed E-state index contributed by atoms with van der Waals surface area (Å²) >= 11 is 7.67. The van der Waals surface area contributed by atoms with Crippen LogP contribution in [-0.2, 0) is 4.79 Å². The molecule has 0 saturated carbocycles. The van der Waals surface area contributed by atoms with Crippen molar-refractivity contribution in [2.24, 2.45) is 0 Å². The van der Waals surface area contributed by atoms with E-state index in [1.54, 1.807) is 0 Å². The van der Waals surface area contributed by atoms with E-state index in [-0.39, 0.29) is 11.7 Å². The zero-order valence-corrected chi connectivity index (χ0v) is 16.3. The van der Waals surface area contributed by atoms with Gasteiger partial charge >= 0.3 is 0 Å². The Kier molecular flexibility index (Phi) is 5.45. The number of hydrogen-bond acceptors (Lipinski definition) is 4. The quantitative estimate of drug-likeness (QED) is 0.478. The predicted octanol–water partition coefficient (Wildman–Crippen LogP) is 4.44. The van der Waals surface area contributed by atoms with Crippen LogP contribution >= 0.6 is 23.4 Å². The number of thioether (sulfide) groups is 1. The molecule has 0 aliphatic heterocycles. The molecule has 0 radical (unpaired) electrons. The Hall–Kier alpha value is -3.03. The van der Waals surface area contributed by atoms with Crippen LogP contribution < -0.4 is 5.32 Å². The van der Waals surface area contributed by atoms with Gasteiger partial charge in [0.15, 0.2) is 5.82 Å². The van der Waals surface area contributed by atoms with E-state index in [0.717, 1.165) is 11.3 Å². The second kappa shape index (κ2) is 8.33. The monoisotopic (exact) mass is 409 g/mol. The van der Waals surface area contributed by atoms with E-state index in [4.69, 9.17) is 11.6 Å². The zero-order valence-electron chi connectivity index (χ0n) is 14.7. The fraction of sp³-hybridized carbons (Fsp3) is 0.0500. The third-order valence-corrected chi connectivity index (χ3v) is 5.19. The fourth-order valence-electron chi connectivity index (χ4n) is 2.68. The highest BCUT2D eigenvalue weighted by molar-refractivity contribution is 7.99. The van der Waals surface area contributed by atoms with Crippen LogP contribution in [0.3, 0.4) is 0 Å². The van der Waals surface area contributed by atoms with Crippen LogP contribution in [0.25, 0.3) is 11.4 Å². The molecule has 1 amide bonds. The molecule has 0 saturated heterocycles. The van der Waals surface area contributed by atoms with Gasteiger partial charge in [-0.25, -0.2) is 4.68 Å². The Bertz CT molecular complexity index is 1080. The van der Waals surface area contributed by atoms with Crippen molar-refractivity contribution in [1.82, 2.24) is 19.5 Å². The number of halogens is 1. The predicted molar refractivity (Wildman–Crippen MR) is 111 cm³/mol. The molecule has 28 heavy (non-hydrogen) atoms. The summed E-state index contributed by atoms with van der Waals surface area (Å²) in [5, 5.41) is 12.7. The van der Waals surface area contributed by atoms with Gasteiger partial charge in [0, 0.05) is 23.6 Å². The summed E-state index contributed by atoms with van der Waals surface area (Å²) in [4.78, 5) is 12.3. The number of rotatable bonds is 6. The molecule has 0 aliphatic rings. The van der Waals surface area contributed by atoms with Crippen LogP contribution in [0.5, 0.6) is 0 Å². The Morgan fingerprint density at radius 1 is 0.964 bits per heavy atom. The summed E-state index contributed by atoms with van der Waals surface area (Å²) in [7, 11) is 0. The highest BCUT2D eigenvalue weighted by Crippen LogP contribution is 2.29. The van der Waals surface area contributed by atoms with Gasteiger partial charge < -0.3 is 5.32 Å². The van der Waals surface area contributed by atoms with Crippen molar-refractivity contribution >= 4 is 35.0 Å². The number of amides is 1. The summed E-state index contributed by atoms with van der Waals surface area (Å²) in [5.74, 6) is 0.696. The number of benzene rings is 2. The standard InChI is InChI=1S/C20H16ClN5OS/c21-17-11-5-4-10-16(17)19-23-24-20(26(19)25-12-6-7-13-25)28-14-18(27)22-15-8-2-1-3-9-15/h1-13H,14H2,(H,22,27). The van der Waals surface area contributed by atoms with Crippen LogP contribution in [0.2, 0.25) is 5.02 Å². The normalized spacial score (nSPS) is 10.8. The third kappa shape index (κ3) is 3.95. The molecular weight excluding hydrogens is 394 g/mol. The van der Waals surface area contributed by atoms with E-state index in [2.05, 4.69) is 15.5 Å². The second-order valence-electron chi connectivity index (χ2n) is 5.86. The number of aromatic nitrogens is 4. The molecule has 2 aromatic carbocycles. The average Bonchev–Trinajstić information content (AvgIpc) is 3.37. The lowest BCUT2D eigenvalue weighted by Crippen LogP contribution is -2.15. The molecule has 4 rings (SSSR count). The number of anilines is 1. The van der Waals surface area contributed by atoms with E-state index < -0.39 is 0 Å². The van der Waals surface area contributed by atoms with Crippen molar-refractivity contribution in [2.45, 2.75) is 5.16 Å². The lowest BCUT2D eigenvalue weighted by atomic mass is 10.2. The number of carbonyl (C=O) groups excluding carboxylic acids is 1. The second-order valence-corrected chi connectivity index (χ2v) is 7.21. The number of carbonyl (C=O) groups is 1. The zero-order chi connectivity index (χ0) is 19.3. The van der Waals surface area contributed by atoms with Crippen molar-refractivity contribution in [3.63, 3.8) is 0 Å². The van der Waals surface area contributed by atoms with Crippen LogP contribution in [0.1, 0.15) is 0 Å². The molecule has 140 valence electrons. The SMILES string of the molecule is O=C(CSc1nnc(-c2ccccc2Cl)n1-n1cccc1)Nc1ccccc1. The Morgan fingerprint density at radius 3 is 2.43 bits per heavy atom. The van der Waals surface area contributed by atoms with E-state index in [0.29, 0.717) is 16.0 Å². The molecule has 0 atom stereocenters. The van der Waals surface area contributed by atoms with Gasteiger partial charge in [0.1, 0.15) is 0 Å². The molecule has 2 heterocycles. The van der Waals surface area contributed by atoms with Crippen molar-refractivity contribution in [2.75, 3.05) is 11.1 Å². The van der Waals surface area contributed by atoms with Crippen molar-refractivity contribution in [3.8, 4) is 11.4 Å². The molecule has 0 unspecified atom stereocenters. The molecule has 0 fully saturated rings. The van der Waals surface area contributed by atoms with E-state index in [9.17, 15) is 4.79 Å². The first-order valence-corrected chi connectivity index (χ1v) is 9.90. The molecule has 0 spiro atoms. The van der Waals surface area contributed by atoms with Crippen molar-refractivity contribution in [3.05, 3.63) is 84.1 Å². The first-order chi connectivity index (χ1) is 13.7. The maximum atomic E-state index is 12.3. The van der Waals surface area contributed by atoms with Crippen LogP contribution in [-0.4, -0.2) is 31.2 Å². The van der Waals surface area contributed by atoms with E-state index in [1.165, 1.54) is 11.8 Å². The first kappa shape index (κ1) is 18.3. The smallest absolute Gasteiger partial charge is 0.234 e. The Morgan fingerprint density at radius 2 is 1.68 bits per heavy atom. The average molecular weight is 410 g/mol. The fourth-order valence-corrected chi connectivity index (χ4v) is 3.64. The summed E-state index contributed by atoms with van der Waals surface area (Å²) < 4.78 is 3.69. The summed E-state index contributed by atoms with van der Waals surface area (Å²) in [6.07, 6.45) is 3.77. The van der Waals surface area contributed by atoms with Gasteiger partial charge in [-0.2, -0.15) is 0 Å². The summed E-state index contributed by atoms with van der Waals surface area (Å²) in [6.45, 7) is 0. The number of hydrogen-bond donors (Lipinski definition) is 1.